The van der Waals surface area contributed by atoms with Crippen molar-refractivity contribution in [3.8, 4) is 0 Å². The molecule has 3 rings (SSSR count). The first kappa shape index (κ1) is 10.6. The Hall–Kier alpha value is -0.550. The molecule has 0 aromatic carbocycles. The fraction of sp³-hybridized carbons (Fsp3) is 0.818. The van der Waals surface area contributed by atoms with Gasteiger partial charge in [0.25, 0.3) is 0 Å². The molecule has 1 aromatic heterocycles. The van der Waals surface area contributed by atoms with E-state index in [2.05, 4.69) is 15.5 Å². The van der Waals surface area contributed by atoms with Gasteiger partial charge in [-0.25, -0.2) is 0 Å². The number of thioether (sulfide) groups is 1. The molecule has 0 spiro atoms. The van der Waals surface area contributed by atoms with Crippen molar-refractivity contribution >= 4 is 11.8 Å². The van der Waals surface area contributed by atoms with E-state index in [9.17, 15) is 0 Å². The monoisotopic (exact) mass is 239 g/mol. The van der Waals surface area contributed by atoms with Crippen LogP contribution in [0.1, 0.15) is 42.9 Å². The van der Waals surface area contributed by atoms with Gasteiger partial charge in [0.15, 0.2) is 0 Å². The Morgan fingerprint density at radius 3 is 2.75 bits per heavy atom. The summed E-state index contributed by atoms with van der Waals surface area (Å²) in [7, 11) is 0. The van der Waals surface area contributed by atoms with Crippen LogP contribution in [-0.2, 0) is 0 Å². The summed E-state index contributed by atoms with van der Waals surface area (Å²) in [5, 5.41) is 11.8. The minimum Gasteiger partial charge on any atom is -0.425 e. The third kappa shape index (κ3) is 2.11. The Morgan fingerprint density at radius 1 is 1.19 bits per heavy atom. The van der Waals surface area contributed by atoms with Crippen LogP contribution in [-0.4, -0.2) is 34.8 Å². The van der Waals surface area contributed by atoms with E-state index in [0.717, 1.165) is 37.0 Å². The van der Waals surface area contributed by atoms with Crippen molar-refractivity contribution in [1.29, 1.82) is 0 Å². The Labute approximate surface area is 99.6 Å². The van der Waals surface area contributed by atoms with Gasteiger partial charge < -0.3 is 9.73 Å². The standard InChI is InChI=1S/C11H17N3OS/c1-2-9(7-16-5-1)11-14-13-10(15-11)8-3-4-12-6-8/h8-9,12H,1-7H2. The zero-order valence-corrected chi connectivity index (χ0v) is 10.1. The summed E-state index contributed by atoms with van der Waals surface area (Å²) in [6.45, 7) is 2.06. The quantitative estimate of drug-likeness (QED) is 0.852. The summed E-state index contributed by atoms with van der Waals surface area (Å²) in [6.07, 6.45) is 3.61. The molecule has 2 unspecified atom stereocenters. The molecule has 3 heterocycles. The van der Waals surface area contributed by atoms with E-state index in [0.29, 0.717) is 11.8 Å². The lowest BCUT2D eigenvalue weighted by Gasteiger charge is -2.17. The molecule has 2 fully saturated rings. The second-order valence-electron chi connectivity index (χ2n) is 4.58. The maximum absolute atomic E-state index is 5.83. The molecule has 5 heteroatoms. The summed E-state index contributed by atoms with van der Waals surface area (Å²) < 4.78 is 5.83. The third-order valence-corrected chi connectivity index (χ3v) is 4.59. The van der Waals surface area contributed by atoms with Crippen molar-refractivity contribution in [3.63, 3.8) is 0 Å². The van der Waals surface area contributed by atoms with Crippen LogP contribution in [0.5, 0.6) is 0 Å². The van der Waals surface area contributed by atoms with Gasteiger partial charge in [-0.15, -0.1) is 10.2 Å². The molecule has 2 aliphatic heterocycles. The predicted octanol–water partition coefficient (Wildman–Crippen LogP) is 1.76. The predicted molar refractivity (Wildman–Crippen MR) is 63.8 cm³/mol. The SMILES string of the molecule is C1CSCC(c2nnc(C3CCNC3)o2)C1. The van der Waals surface area contributed by atoms with Gasteiger partial charge in [-0.2, -0.15) is 11.8 Å². The molecule has 0 saturated carbocycles. The third-order valence-electron chi connectivity index (χ3n) is 3.38. The second-order valence-corrected chi connectivity index (χ2v) is 5.73. The van der Waals surface area contributed by atoms with E-state index < -0.39 is 0 Å². The minimum atomic E-state index is 0.442. The molecule has 2 saturated heterocycles. The maximum Gasteiger partial charge on any atom is 0.220 e. The van der Waals surface area contributed by atoms with Crippen LogP contribution in [0.4, 0.5) is 0 Å². The van der Waals surface area contributed by atoms with Crippen molar-refractivity contribution in [3.05, 3.63) is 11.8 Å². The van der Waals surface area contributed by atoms with Crippen LogP contribution in [0.3, 0.4) is 0 Å². The Morgan fingerprint density at radius 2 is 2.06 bits per heavy atom. The lowest BCUT2D eigenvalue weighted by atomic mass is 10.1. The molecular weight excluding hydrogens is 222 g/mol. The van der Waals surface area contributed by atoms with E-state index in [4.69, 9.17) is 4.42 Å². The molecular formula is C11H17N3OS. The Bertz CT molecular complexity index is 343. The van der Waals surface area contributed by atoms with Crippen LogP contribution in [0.15, 0.2) is 4.42 Å². The number of hydrogen-bond acceptors (Lipinski definition) is 5. The highest BCUT2D eigenvalue weighted by Gasteiger charge is 2.26. The van der Waals surface area contributed by atoms with Gasteiger partial charge in [0, 0.05) is 18.2 Å². The molecule has 0 amide bonds. The molecule has 0 aliphatic carbocycles. The van der Waals surface area contributed by atoms with Gasteiger partial charge in [0.2, 0.25) is 11.8 Å². The molecule has 0 bridgehead atoms. The van der Waals surface area contributed by atoms with Crippen LogP contribution in [0.2, 0.25) is 0 Å². The first-order valence-corrected chi connectivity index (χ1v) is 7.20. The summed E-state index contributed by atoms with van der Waals surface area (Å²) >= 11 is 2.00. The van der Waals surface area contributed by atoms with Crippen LogP contribution >= 0.6 is 11.8 Å². The van der Waals surface area contributed by atoms with Crippen LogP contribution in [0.25, 0.3) is 0 Å². The van der Waals surface area contributed by atoms with Crippen molar-refractivity contribution in [2.24, 2.45) is 0 Å². The van der Waals surface area contributed by atoms with Gasteiger partial charge in [0.05, 0.1) is 5.92 Å². The lowest BCUT2D eigenvalue weighted by molar-refractivity contribution is 0.395. The molecule has 88 valence electrons. The first-order chi connectivity index (χ1) is 7.93. The molecule has 4 nitrogen and oxygen atoms in total. The lowest BCUT2D eigenvalue weighted by Crippen LogP contribution is -2.09. The number of rotatable bonds is 2. The van der Waals surface area contributed by atoms with Crippen LogP contribution < -0.4 is 5.32 Å². The average molecular weight is 239 g/mol. The summed E-state index contributed by atoms with van der Waals surface area (Å²) in [5.41, 5.74) is 0. The van der Waals surface area contributed by atoms with Crippen LogP contribution in [0, 0.1) is 0 Å². The average Bonchev–Trinajstić information content (AvgIpc) is 3.01. The van der Waals surface area contributed by atoms with E-state index in [1.54, 1.807) is 0 Å². The largest absolute Gasteiger partial charge is 0.425 e. The van der Waals surface area contributed by atoms with Gasteiger partial charge in [-0.1, -0.05) is 0 Å². The Balaban J connectivity index is 1.71. The molecule has 2 aliphatic rings. The zero-order chi connectivity index (χ0) is 10.8. The number of aromatic nitrogens is 2. The fourth-order valence-corrected chi connectivity index (χ4v) is 3.51. The van der Waals surface area contributed by atoms with Crippen molar-refractivity contribution in [1.82, 2.24) is 15.5 Å². The molecule has 0 radical (unpaired) electrons. The second kappa shape index (κ2) is 4.75. The fourth-order valence-electron chi connectivity index (χ4n) is 2.38. The first-order valence-electron chi connectivity index (χ1n) is 6.05. The van der Waals surface area contributed by atoms with Crippen molar-refractivity contribution < 1.29 is 4.42 Å². The highest BCUT2D eigenvalue weighted by molar-refractivity contribution is 7.99. The van der Waals surface area contributed by atoms with Gasteiger partial charge in [-0.05, 0) is 31.6 Å². The zero-order valence-electron chi connectivity index (χ0n) is 9.32. The number of nitrogens with zero attached hydrogens (tertiary/aromatic N) is 2. The number of nitrogens with one attached hydrogen (secondary N) is 1. The molecule has 1 N–H and O–H groups in total. The van der Waals surface area contributed by atoms with E-state index in [1.165, 1.54) is 18.6 Å². The van der Waals surface area contributed by atoms with E-state index >= 15 is 0 Å². The maximum atomic E-state index is 5.83. The van der Waals surface area contributed by atoms with Crippen molar-refractivity contribution in [2.45, 2.75) is 31.1 Å². The summed E-state index contributed by atoms with van der Waals surface area (Å²) in [6, 6.07) is 0. The highest BCUT2D eigenvalue weighted by Crippen LogP contribution is 2.31. The van der Waals surface area contributed by atoms with E-state index in [1.807, 2.05) is 11.8 Å². The van der Waals surface area contributed by atoms with Gasteiger partial charge >= 0.3 is 0 Å². The highest BCUT2D eigenvalue weighted by atomic mass is 32.2. The molecule has 1 aromatic rings. The van der Waals surface area contributed by atoms with Gasteiger partial charge in [-0.3, -0.25) is 0 Å². The molecule has 16 heavy (non-hydrogen) atoms. The Kier molecular flexibility index (Phi) is 3.15. The van der Waals surface area contributed by atoms with Crippen molar-refractivity contribution in [2.75, 3.05) is 24.6 Å². The van der Waals surface area contributed by atoms with E-state index in [-0.39, 0.29) is 0 Å². The summed E-state index contributed by atoms with van der Waals surface area (Å²) in [4.78, 5) is 0. The number of hydrogen-bond donors (Lipinski definition) is 1. The topological polar surface area (TPSA) is 51.0 Å². The smallest absolute Gasteiger partial charge is 0.220 e. The summed E-state index contributed by atoms with van der Waals surface area (Å²) in [5.74, 6) is 5.07. The minimum absolute atomic E-state index is 0.442. The molecule has 2 atom stereocenters. The van der Waals surface area contributed by atoms with Gasteiger partial charge in [0.1, 0.15) is 0 Å². The normalized spacial score (nSPS) is 30.8.